The highest BCUT2D eigenvalue weighted by Crippen LogP contribution is 2.24. The van der Waals surface area contributed by atoms with Gasteiger partial charge < -0.3 is 20.3 Å². The highest BCUT2D eigenvalue weighted by atomic mass is 16.5. The number of nitrogens with zero attached hydrogens (tertiary/aromatic N) is 4. The maximum absolute atomic E-state index is 12.2. The Hall–Kier alpha value is -2.97. The smallest absolute Gasteiger partial charge is 0.252 e. The Morgan fingerprint density at radius 1 is 1.19 bits per heavy atom. The number of fused-ring (bicyclic) bond motifs is 1. The van der Waals surface area contributed by atoms with Gasteiger partial charge >= 0.3 is 0 Å². The van der Waals surface area contributed by atoms with Crippen molar-refractivity contribution in [1.29, 1.82) is 0 Å². The highest BCUT2D eigenvalue weighted by molar-refractivity contribution is 5.93. The third-order valence-electron chi connectivity index (χ3n) is 5.86. The van der Waals surface area contributed by atoms with Gasteiger partial charge in [-0.1, -0.05) is 30.3 Å². The molecular formula is C24H32N6O2. The number of amides is 1. The summed E-state index contributed by atoms with van der Waals surface area (Å²) in [6.45, 7) is 8.19. The van der Waals surface area contributed by atoms with Crippen molar-refractivity contribution in [3.05, 3.63) is 66.0 Å². The van der Waals surface area contributed by atoms with Crippen molar-refractivity contribution in [2.45, 2.75) is 25.6 Å². The van der Waals surface area contributed by atoms with Crippen LogP contribution >= 0.6 is 0 Å². The molecule has 2 aliphatic rings. The number of nitrogens with one attached hydrogen (secondary N) is 2. The molecule has 8 nitrogen and oxygen atoms in total. The van der Waals surface area contributed by atoms with E-state index in [2.05, 4.69) is 62.7 Å². The normalized spacial score (nSPS) is 21.3. The maximum Gasteiger partial charge on any atom is 0.252 e. The third-order valence-corrected chi connectivity index (χ3v) is 5.86. The van der Waals surface area contributed by atoms with E-state index in [4.69, 9.17) is 9.73 Å². The number of benzene rings is 1. The standard InChI is InChI=1S/C24H32N6O2/c1-2-26-24(28-12-11-27-23(31)20-9-6-10-25-15-20)30-17-21-22(18-30)32-14-13-29(21)16-19-7-4-3-5-8-19/h3-10,15,21-22H,2,11-14,16-18H2,1H3,(H,26,28)(H,27,31). The van der Waals surface area contributed by atoms with Crippen molar-refractivity contribution in [3.8, 4) is 0 Å². The molecule has 2 unspecified atom stereocenters. The number of pyridine rings is 1. The monoisotopic (exact) mass is 436 g/mol. The number of carbonyl (C=O) groups is 1. The zero-order valence-corrected chi connectivity index (χ0v) is 18.6. The number of likely N-dealkylation sites (tertiary alicyclic amines) is 1. The van der Waals surface area contributed by atoms with Crippen LogP contribution in [0.15, 0.2) is 59.9 Å². The minimum atomic E-state index is -0.129. The molecule has 1 amide bonds. The summed E-state index contributed by atoms with van der Waals surface area (Å²) in [6.07, 6.45) is 3.40. The fraction of sp³-hybridized carbons (Fsp3) is 0.458. The molecule has 4 rings (SSSR count). The van der Waals surface area contributed by atoms with Crippen molar-refractivity contribution < 1.29 is 9.53 Å². The Morgan fingerprint density at radius 3 is 2.84 bits per heavy atom. The van der Waals surface area contributed by atoms with Gasteiger partial charge in [-0.15, -0.1) is 0 Å². The van der Waals surface area contributed by atoms with E-state index in [-0.39, 0.29) is 12.0 Å². The number of hydrogen-bond donors (Lipinski definition) is 2. The number of aromatic nitrogens is 1. The Kier molecular flexibility index (Phi) is 7.68. The van der Waals surface area contributed by atoms with E-state index in [1.807, 2.05) is 0 Å². The minimum Gasteiger partial charge on any atom is -0.373 e. The van der Waals surface area contributed by atoms with Crippen molar-refractivity contribution in [2.75, 3.05) is 45.9 Å². The first-order valence-corrected chi connectivity index (χ1v) is 11.4. The summed E-state index contributed by atoms with van der Waals surface area (Å²) in [4.78, 5) is 25.7. The van der Waals surface area contributed by atoms with Crippen LogP contribution in [0.1, 0.15) is 22.8 Å². The van der Waals surface area contributed by atoms with E-state index in [0.717, 1.165) is 45.3 Å². The van der Waals surface area contributed by atoms with Crippen LogP contribution in [0.2, 0.25) is 0 Å². The van der Waals surface area contributed by atoms with Gasteiger partial charge in [0.15, 0.2) is 5.96 Å². The first-order valence-electron chi connectivity index (χ1n) is 11.4. The lowest BCUT2D eigenvalue weighted by Gasteiger charge is -2.36. The van der Waals surface area contributed by atoms with Gasteiger partial charge in [-0.2, -0.15) is 0 Å². The summed E-state index contributed by atoms with van der Waals surface area (Å²) in [7, 11) is 0. The van der Waals surface area contributed by atoms with Crippen molar-refractivity contribution in [3.63, 3.8) is 0 Å². The summed E-state index contributed by atoms with van der Waals surface area (Å²) in [5, 5.41) is 6.30. The molecule has 0 spiro atoms. The lowest BCUT2D eigenvalue weighted by molar-refractivity contribution is -0.0502. The number of aliphatic imine (C=N–C) groups is 1. The zero-order valence-electron chi connectivity index (χ0n) is 18.6. The highest BCUT2D eigenvalue weighted by Gasteiger charge is 2.41. The Balaban J connectivity index is 1.33. The van der Waals surface area contributed by atoms with Gasteiger partial charge in [-0.05, 0) is 24.6 Å². The molecule has 0 radical (unpaired) electrons. The SMILES string of the molecule is CCNC(=NCCNC(=O)c1cccnc1)N1CC2OCCN(Cc3ccccc3)C2C1. The van der Waals surface area contributed by atoms with Crippen molar-refractivity contribution >= 4 is 11.9 Å². The summed E-state index contributed by atoms with van der Waals surface area (Å²) in [5.74, 6) is 0.747. The molecule has 0 saturated carbocycles. The largest absolute Gasteiger partial charge is 0.373 e. The predicted molar refractivity (Wildman–Crippen MR) is 125 cm³/mol. The first kappa shape index (κ1) is 22.2. The topological polar surface area (TPSA) is 82.1 Å². The number of rotatable bonds is 7. The van der Waals surface area contributed by atoms with E-state index >= 15 is 0 Å². The van der Waals surface area contributed by atoms with Gasteiger partial charge in [0.2, 0.25) is 0 Å². The van der Waals surface area contributed by atoms with Crippen LogP contribution in [0, 0.1) is 0 Å². The van der Waals surface area contributed by atoms with Gasteiger partial charge in [0, 0.05) is 51.7 Å². The summed E-state index contributed by atoms with van der Waals surface area (Å²) in [6, 6.07) is 14.5. The fourth-order valence-corrected chi connectivity index (χ4v) is 4.30. The van der Waals surface area contributed by atoms with Crippen LogP contribution < -0.4 is 10.6 Å². The Morgan fingerprint density at radius 2 is 2.06 bits per heavy atom. The molecule has 2 atom stereocenters. The van der Waals surface area contributed by atoms with Gasteiger partial charge in [0.25, 0.3) is 5.91 Å². The van der Waals surface area contributed by atoms with E-state index in [0.29, 0.717) is 24.7 Å². The molecule has 3 heterocycles. The van der Waals surface area contributed by atoms with E-state index in [9.17, 15) is 4.79 Å². The number of ether oxygens (including phenoxy) is 1. The second-order valence-electron chi connectivity index (χ2n) is 8.07. The summed E-state index contributed by atoms with van der Waals surface area (Å²) in [5.41, 5.74) is 1.89. The van der Waals surface area contributed by atoms with Crippen molar-refractivity contribution in [1.82, 2.24) is 25.4 Å². The first-order chi connectivity index (χ1) is 15.7. The molecule has 0 bridgehead atoms. The second kappa shape index (κ2) is 11.1. The summed E-state index contributed by atoms with van der Waals surface area (Å²) < 4.78 is 6.11. The molecule has 2 fully saturated rings. The van der Waals surface area contributed by atoms with Crippen LogP contribution in [-0.2, 0) is 11.3 Å². The molecule has 2 saturated heterocycles. The van der Waals surface area contributed by atoms with Crippen molar-refractivity contribution in [2.24, 2.45) is 4.99 Å². The van der Waals surface area contributed by atoms with Crippen LogP contribution in [0.3, 0.4) is 0 Å². The van der Waals surface area contributed by atoms with Crippen LogP contribution in [-0.4, -0.2) is 84.7 Å². The number of morpholine rings is 1. The predicted octanol–water partition coefficient (Wildman–Crippen LogP) is 1.36. The fourth-order valence-electron chi connectivity index (χ4n) is 4.30. The van der Waals surface area contributed by atoms with Gasteiger partial charge in [0.1, 0.15) is 0 Å². The molecule has 2 aliphatic heterocycles. The quantitative estimate of drug-likeness (QED) is 0.388. The van der Waals surface area contributed by atoms with Crippen LogP contribution in [0.5, 0.6) is 0 Å². The molecule has 8 heteroatoms. The lowest BCUT2D eigenvalue weighted by atomic mass is 10.1. The van der Waals surface area contributed by atoms with Gasteiger partial charge in [-0.3, -0.25) is 19.7 Å². The number of carbonyl (C=O) groups excluding carboxylic acids is 1. The molecule has 32 heavy (non-hydrogen) atoms. The Labute approximate surface area is 189 Å². The maximum atomic E-state index is 12.2. The average molecular weight is 437 g/mol. The number of hydrogen-bond acceptors (Lipinski definition) is 5. The molecule has 1 aromatic carbocycles. The van der Waals surface area contributed by atoms with Gasteiger partial charge in [0.05, 0.1) is 30.9 Å². The zero-order chi connectivity index (χ0) is 22.2. The molecular weight excluding hydrogens is 404 g/mol. The molecule has 0 aliphatic carbocycles. The Bertz CT molecular complexity index is 892. The van der Waals surface area contributed by atoms with E-state index in [1.165, 1.54) is 5.56 Å². The summed E-state index contributed by atoms with van der Waals surface area (Å²) >= 11 is 0. The van der Waals surface area contributed by atoms with E-state index < -0.39 is 0 Å². The molecule has 170 valence electrons. The van der Waals surface area contributed by atoms with Crippen LogP contribution in [0.4, 0.5) is 0 Å². The molecule has 2 aromatic rings. The number of guanidine groups is 1. The van der Waals surface area contributed by atoms with Crippen LogP contribution in [0.25, 0.3) is 0 Å². The van der Waals surface area contributed by atoms with Gasteiger partial charge in [-0.25, -0.2) is 0 Å². The van der Waals surface area contributed by atoms with E-state index in [1.54, 1.807) is 24.5 Å². The average Bonchev–Trinajstić information content (AvgIpc) is 3.27. The minimum absolute atomic E-state index is 0.129. The third kappa shape index (κ3) is 5.63. The second-order valence-corrected chi connectivity index (χ2v) is 8.07. The lowest BCUT2D eigenvalue weighted by Crippen LogP contribution is -2.50. The molecule has 2 N–H and O–H groups in total. The molecule has 1 aromatic heterocycles.